The molecule has 3 N–H and O–H groups in total. The van der Waals surface area contributed by atoms with Crippen LogP contribution in [0.5, 0.6) is 0 Å². The van der Waals surface area contributed by atoms with Gasteiger partial charge in [0.15, 0.2) is 0 Å². The zero-order valence-electron chi connectivity index (χ0n) is 8.63. The highest BCUT2D eigenvalue weighted by molar-refractivity contribution is 7.99. The van der Waals surface area contributed by atoms with Crippen LogP contribution in [0.3, 0.4) is 0 Å². The largest absolute Gasteiger partial charge is 0.399 e. The summed E-state index contributed by atoms with van der Waals surface area (Å²) in [6.45, 7) is 5.57. The van der Waals surface area contributed by atoms with E-state index in [1.165, 1.54) is 10.6 Å². The summed E-state index contributed by atoms with van der Waals surface area (Å²) in [5.41, 5.74) is 8.11. The second-order valence-electron chi connectivity index (χ2n) is 4.56. The van der Waals surface area contributed by atoms with Crippen molar-refractivity contribution >= 4 is 23.1 Å². The number of hydrogen-bond acceptors (Lipinski definition) is 3. The van der Waals surface area contributed by atoms with Crippen LogP contribution < -0.4 is 11.1 Å². The fourth-order valence-corrected chi connectivity index (χ4v) is 2.57. The lowest BCUT2D eigenvalue weighted by Gasteiger charge is -2.21. The molecule has 0 saturated carbocycles. The Morgan fingerprint density at radius 2 is 2.21 bits per heavy atom. The summed E-state index contributed by atoms with van der Waals surface area (Å²) in [6.07, 6.45) is 0. The lowest BCUT2D eigenvalue weighted by atomic mass is 9.96. The summed E-state index contributed by atoms with van der Waals surface area (Å²) in [4.78, 5) is 1.31. The lowest BCUT2D eigenvalue weighted by Crippen LogP contribution is -2.23. The smallest absolute Gasteiger partial charge is 0.0499 e. The number of fused-ring (bicyclic) bond motifs is 1. The molecule has 2 nitrogen and oxygen atoms in total. The zero-order valence-corrected chi connectivity index (χ0v) is 9.45. The molecule has 3 heteroatoms. The Bertz CT molecular complexity index is 347. The molecule has 0 fully saturated rings. The minimum absolute atomic E-state index is 0.346. The molecule has 0 radical (unpaired) electrons. The fraction of sp³-hybridized carbons (Fsp3) is 0.455. The van der Waals surface area contributed by atoms with Gasteiger partial charge in [0, 0.05) is 28.6 Å². The van der Waals surface area contributed by atoms with Crippen molar-refractivity contribution in [1.29, 1.82) is 0 Å². The van der Waals surface area contributed by atoms with E-state index in [2.05, 4.69) is 25.2 Å². The summed E-state index contributed by atoms with van der Waals surface area (Å²) >= 11 is 1.91. The summed E-state index contributed by atoms with van der Waals surface area (Å²) in [7, 11) is 0. The predicted molar refractivity (Wildman–Crippen MR) is 63.8 cm³/mol. The van der Waals surface area contributed by atoms with Crippen molar-refractivity contribution in [1.82, 2.24) is 0 Å². The normalized spacial score (nSPS) is 19.3. The molecule has 0 aromatic heterocycles. The maximum Gasteiger partial charge on any atom is 0.0499 e. The van der Waals surface area contributed by atoms with Crippen molar-refractivity contribution < 1.29 is 0 Å². The first-order valence-electron chi connectivity index (χ1n) is 4.83. The number of nitrogen functional groups attached to an aromatic ring is 1. The SMILES string of the molecule is CC1(C)CNc2cc(N)ccc2SC1. The number of nitrogens with two attached hydrogens (primary N) is 1. The van der Waals surface area contributed by atoms with E-state index in [9.17, 15) is 0 Å². The molecule has 1 aromatic rings. The maximum absolute atomic E-state index is 5.75. The zero-order chi connectivity index (χ0) is 10.2. The third kappa shape index (κ3) is 1.98. The van der Waals surface area contributed by atoms with E-state index in [4.69, 9.17) is 5.73 Å². The Morgan fingerprint density at radius 3 is 3.00 bits per heavy atom. The second kappa shape index (κ2) is 3.39. The topological polar surface area (TPSA) is 38.0 Å². The molecule has 1 aliphatic rings. The standard InChI is InChI=1S/C11H16N2S/c1-11(2)6-13-9-5-8(12)3-4-10(9)14-7-11/h3-5,13H,6-7,12H2,1-2H3. The van der Waals surface area contributed by atoms with Gasteiger partial charge in [-0.2, -0.15) is 0 Å². The van der Waals surface area contributed by atoms with Gasteiger partial charge in [0.05, 0.1) is 0 Å². The number of anilines is 2. The van der Waals surface area contributed by atoms with E-state index in [0.717, 1.165) is 18.0 Å². The highest BCUT2D eigenvalue weighted by atomic mass is 32.2. The molecule has 14 heavy (non-hydrogen) atoms. The molecule has 1 heterocycles. The van der Waals surface area contributed by atoms with Gasteiger partial charge in [-0.1, -0.05) is 13.8 Å². The van der Waals surface area contributed by atoms with Crippen LogP contribution in [-0.2, 0) is 0 Å². The van der Waals surface area contributed by atoms with Crippen molar-refractivity contribution in [3.63, 3.8) is 0 Å². The monoisotopic (exact) mass is 208 g/mol. The Morgan fingerprint density at radius 1 is 1.43 bits per heavy atom. The number of benzene rings is 1. The van der Waals surface area contributed by atoms with Gasteiger partial charge in [0.25, 0.3) is 0 Å². The average Bonchev–Trinajstić information content (AvgIpc) is 2.26. The van der Waals surface area contributed by atoms with E-state index in [1.807, 2.05) is 23.9 Å². The van der Waals surface area contributed by atoms with Crippen LogP contribution in [0.25, 0.3) is 0 Å². The summed E-state index contributed by atoms with van der Waals surface area (Å²) in [6, 6.07) is 6.08. The molecule has 0 spiro atoms. The maximum atomic E-state index is 5.75. The van der Waals surface area contributed by atoms with Crippen LogP contribution in [0, 0.1) is 5.41 Å². The van der Waals surface area contributed by atoms with Crippen molar-refractivity contribution in [2.45, 2.75) is 18.7 Å². The van der Waals surface area contributed by atoms with E-state index in [0.29, 0.717) is 5.41 Å². The summed E-state index contributed by atoms with van der Waals surface area (Å²) in [5, 5.41) is 3.46. The molecule has 1 aliphatic heterocycles. The molecule has 0 amide bonds. The van der Waals surface area contributed by atoms with E-state index in [1.54, 1.807) is 0 Å². The highest BCUT2D eigenvalue weighted by Crippen LogP contribution is 2.37. The first kappa shape index (κ1) is 9.71. The van der Waals surface area contributed by atoms with Gasteiger partial charge in [0.1, 0.15) is 0 Å². The molecule has 0 aliphatic carbocycles. The van der Waals surface area contributed by atoms with Crippen molar-refractivity contribution in [3.8, 4) is 0 Å². The Balaban J connectivity index is 2.30. The molecule has 0 saturated heterocycles. The van der Waals surface area contributed by atoms with Crippen LogP contribution >= 0.6 is 11.8 Å². The quantitative estimate of drug-likeness (QED) is 0.644. The predicted octanol–water partition coefficient (Wildman–Crippen LogP) is 2.81. The molecular weight excluding hydrogens is 192 g/mol. The summed E-state index contributed by atoms with van der Waals surface area (Å²) in [5.74, 6) is 1.15. The number of nitrogens with one attached hydrogen (secondary N) is 1. The minimum Gasteiger partial charge on any atom is -0.399 e. The van der Waals surface area contributed by atoms with Crippen molar-refractivity contribution in [2.24, 2.45) is 5.41 Å². The number of rotatable bonds is 0. The highest BCUT2D eigenvalue weighted by Gasteiger charge is 2.22. The van der Waals surface area contributed by atoms with E-state index in [-0.39, 0.29) is 0 Å². The van der Waals surface area contributed by atoms with Crippen LogP contribution in [0.1, 0.15) is 13.8 Å². The molecular formula is C11H16N2S. The molecule has 0 bridgehead atoms. The molecule has 2 rings (SSSR count). The summed E-state index contributed by atoms with van der Waals surface area (Å²) < 4.78 is 0. The van der Waals surface area contributed by atoms with Gasteiger partial charge in [-0.05, 0) is 23.6 Å². The Kier molecular flexibility index (Phi) is 2.35. The van der Waals surface area contributed by atoms with Gasteiger partial charge in [-0.15, -0.1) is 11.8 Å². The fourth-order valence-electron chi connectivity index (χ4n) is 1.47. The number of thioether (sulfide) groups is 1. The van der Waals surface area contributed by atoms with E-state index >= 15 is 0 Å². The van der Waals surface area contributed by atoms with Gasteiger partial charge in [-0.3, -0.25) is 0 Å². The van der Waals surface area contributed by atoms with Crippen LogP contribution in [-0.4, -0.2) is 12.3 Å². The minimum atomic E-state index is 0.346. The van der Waals surface area contributed by atoms with Gasteiger partial charge < -0.3 is 11.1 Å². The number of hydrogen-bond donors (Lipinski definition) is 2. The molecule has 1 aromatic carbocycles. The van der Waals surface area contributed by atoms with Crippen molar-refractivity contribution in [2.75, 3.05) is 23.3 Å². The van der Waals surface area contributed by atoms with Crippen molar-refractivity contribution in [3.05, 3.63) is 18.2 Å². The first-order chi connectivity index (χ1) is 6.57. The second-order valence-corrected chi connectivity index (χ2v) is 5.58. The molecule has 0 atom stereocenters. The third-order valence-corrected chi connectivity index (χ3v) is 3.97. The first-order valence-corrected chi connectivity index (χ1v) is 5.82. The lowest BCUT2D eigenvalue weighted by molar-refractivity contribution is 0.456. The molecule has 76 valence electrons. The Hall–Kier alpha value is -0.830. The van der Waals surface area contributed by atoms with E-state index < -0.39 is 0 Å². The van der Waals surface area contributed by atoms with Gasteiger partial charge in [-0.25, -0.2) is 0 Å². The average molecular weight is 208 g/mol. The molecule has 0 unspecified atom stereocenters. The van der Waals surface area contributed by atoms with Crippen LogP contribution in [0.15, 0.2) is 23.1 Å². The van der Waals surface area contributed by atoms with Crippen LogP contribution in [0.4, 0.5) is 11.4 Å². The van der Waals surface area contributed by atoms with Crippen LogP contribution in [0.2, 0.25) is 0 Å². The van der Waals surface area contributed by atoms with Gasteiger partial charge in [0.2, 0.25) is 0 Å². The van der Waals surface area contributed by atoms with Gasteiger partial charge >= 0.3 is 0 Å². The Labute approximate surface area is 89.3 Å². The third-order valence-electron chi connectivity index (χ3n) is 2.38.